The van der Waals surface area contributed by atoms with Crippen molar-refractivity contribution in [1.82, 2.24) is 0 Å². The number of carbonyl (C=O) groups is 2. The third-order valence-corrected chi connectivity index (χ3v) is 2.58. The van der Waals surface area contributed by atoms with Crippen molar-refractivity contribution in [2.24, 2.45) is 11.8 Å². The summed E-state index contributed by atoms with van der Waals surface area (Å²) in [6, 6.07) is 0. The summed E-state index contributed by atoms with van der Waals surface area (Å²) >= 11 is 0. The van der Waals surface area contributed by atoms with Gasteiger partial charge in [0.25, 0.3) is 0 Å². The van der Waals surface area contributed by atoms with E-state index in [9.17, 15) is 9.59 Å². The molecule has 2 atom stereocenters. The lowest BCUT2D eigenvalue weighted by Gasteiger charge is -2.12. The number of Topliss-reactive ketones (excluding diaryl/α,β-unsaturated/α-hetero) is 1. The topological polar surface area (TPSA) is 43.4 Å². The van der Waals surface area contributed by atoms with Gasteiger partial charge in [0.15, 0.2) is 0 Å². The van der Waals surface area contributed by atoms with E-state index in [2.05, 4.69) is 16.6 Å². The zero-order valence-electron chi connectivity index (χ0n) is 8.50. The molecule has 0 aliphatic heterocycles. The van der Waals surface area contributed by atoms with Crippen LogP contribution in [0.25, 0.3) is 0 Å². The molecule has 0 amide bonds. The monoisotopic (exact) mass is 194 g/mol. The Morgan fingerprint density at radius 3 is 2.93 bits per heavy atom. The van der Waals surface area contributed by atoms with E-state index in [1.807, 2.05) is 0 Å². The van der Waals surface area contributed by atoms with E-state index in [0.29, 0.717) is 12.8 Å². The van der Waals surface area contributed by atoms with Crippen molar-refractivity contribution in [3.8, 4) is 11.8 Å². The predicted molar refractivity (Wildman–Crippen MR) is 51.3 cm³/mol. The molecule has 3 heteroatoms. The van der Waals surface area contributed by atoms with Gasteiger partial charge in [0, 0.05) is 12.8 Å². The number of esters is 1. The Morgan fingerprint density at radius 2 is 2.36 bits per heavy atom. The van der Waals surface area contributed by atoms with Gasteiger partial charge in [0.05, 0.1) is 7.11 Å². The largest absolute Gasteiger partial charge is 0.468 e. The highest BCUT2D eigenvalue weighted by atomic mass is 16.5. The van der Waals surface area contributed by atoms with Gasteiger partial charge in [-0.1, -0.05) is 0 Å². The summed E-state index contributed by atoms with van der Waals surface area (Å²) in [5.41, 5.74) is 0. The summed E-state index contributed by atoms with van der Waals surface area (Å²) in [6.45, 7) is 1.75. The van der Waals surface area contributed by atoms with E-state index >= 15 is 0 Å². The molecule has 2 unspecified atom stereocenters. The Kier molecular flexibility index (Phi) is 3.70. The first-order chi connectivity index (χ1) is 6.70. The molecule has 14 heavy (non-hydrogen) atoms. The van der Waals surface area contributed by atoms with Crippen LogP contribution in [0.15, 0.2) is 0 Å². The number of hydrogen-bond acceptors (Lipinski definition) is 3. The fourth-order valence-corrected chi connectivity index (χ4v) is 1.82. The lowest BCUT2D eigenvalue weighted by atomic mass is 9.93. The third-order valence-electron chi connectivity index (χ3n) is 2.58. The molecule has 1 rings (SSSR count). The molecular formula is C11H14O3. The highest BCUT2D eigenvalue weighted by Crippen LogP contribution is 2.31. The second-order valence-electron chi connectivity index (χ2n) is 3.40. The first-order valence-electron chi connectivity index (χ1n) is 4.70. The maximum atomic E-state index is 11.4. The molecule has 0 bridgehead atoms. The first-order valence-corrected chi connectivity index (χ1v) is 4.70. The average molecular weight is 194 g/mol. The van der Waals surface area contributed by atoms with Crippen LogP contribution in [0.3, 0.4) is 0 Å². The number of rotatable bonds is 2. The minimum Gasteiger partial charge on any atom is -0.468 e. The van der Waals surface area contributed by atoms with Gasteiger partial charge < -0.3 is 4.74 Å². The molecule has 1 saturated carbocycles. The van der Waals surface area contributed by atoms with Gasteiger partial charge in [-0.15, -0.1) is 11.8 Å². The molecule has 0 N–H and O–H groups in total. The second-order valence-corrected chi connectivity index (χ2v) is 3.40. The minimum absolute atomic E-state index is 0.000229. The summed E-state index contributed by atoms with van der Waals surface area (Å²) < 4.78 is 4.61. The van der Waals surface area contributed by atoms with E-state index in [1.54, 1.807) is 6.92 Å². The molecule has 1 aliphatic rings. The maximum Gasteiger partial charge on any atom is 0.316 e. The lowest BCUT2D eigenvalue weighted by molar-refractivity contribution is -0.149. The van der Waals surface area contributed by atoms with Gasteiger partial charge in [-0.3, -0.25) is 9.59 Å². The van der Waals surface area contributed by atoms with Crippen molar-refractivity contribution < 1.29 is 14.3 Å². The summed E-state index contributed by atoms with van der Waals surface area (Å²) in [6.07, 6.45) is 1.85. The summed E-state index contributed by atoms with van der Waals surface area (Å²) in [7, 11) is 1.32. The number of ether oxygens (including phenoxy) is 1. The van der Waals surface area contributed by atoms with Crippen molar-refractivity contribution in [2.45, 2.75) is 26.2 Å². The van der Waals surface area contributed by atoms with Crippen molar-refractivity contribution in [3.05, 3.63) is 0 Å². The lowest BCUT2D eigenvalue weighted by Crippen LogP contribution is -2.25. The van der Waals surface area contributed by atoms with Gasteiger partial charge in [-0.05, 0) is 19.3 Å². The van der Waals surface area contributed by atoms with Gasteiger partial charge in [0.1, 0.15) is 11.7 Å². The molecular weight excluding hydrogens is 180 g/mol. The summed E-state index contributed by atoms with van der Waals surface area (Å²) in [5, 5.41) is 0. The molecule has 3 nitrogen and oxygen atoms in total. The van der Waals surface area contributed by atoms with Crippen LogP contribution in [0, 0.1) is 23.7 Å². The Labute approximate surface area is 83.8 Å². The van der Waals surface area contributed by atoms with E-state index in [1.165, 1.54) is 7.11 Å². The first kappa shape index (κ1) is 10.8. The third kappa shape index (κ3) is 2.14. The van der Waals surface area contributed by atoms with Crippen molar-refractivity contribution >= 4 is 11.8 Å². The van der Waals surface area contributed by atoms with E-state index < -0.39 is 11.9 Å². The Hall–Kier alpha value is -1.30. The molecule has 0 aromatic carbocycles. The number of ketones is 1. The van der Waals surface area contributed by atoms with Crippen LogP contribution in [-0.4, -0.2) is 18.9 Å². The normalized spacial score (nSPS) is 25.4. The average Bonchev–Trinajstić information content (AvgIpc) is 2.55. The number of methoxy groups -OCH3 is 1. The fraction of sp³-hybridized carbons (Fsp3) is 0.636. The predicted octanol–water partition coefficient (Wildman–Crippen LogP) is 1.17. The zero-order chi connectivity index (χ0) is 10.6. The highest BCUT2D eigenvalue weighted by Gasteiger charge is 2.40. The smallest absolute Gasteiger partial charge is 0.316 e. The van der Waals surface area contributed by atoms with Crippen LogP contribution in [0.4, 0.5) is 0 Å². The molecule has 0 aromatic heterocycles. The Bertz CT molecular complexity index is 295. The van der Waals surface area contributed by atoms with Crippen molar-refractivity contribution in [2.75, 3.05) is 7.11 Å². The molecule has 1 aliphatic carbocycles. The maximum absolute atomic E-state index is 11.4. The van der Waals surface area contributed by atoms with Crippen molar-refractivity contribution in [1.29, 1.82) is 0 Å². The zero-order valence-corrected chi connectivity index (χ0v) is 8.50. The van der Waals surface area contributed by atoms with Gasteiger partial charge in [0.2, 0.25) is 0 Å². The molecule has 0 spiro atoms. The molecule has 76 valence electrons. The van der Waals surface area contributed by atoms with Crippen LogP contribution in [0.2, 0.25) is 0 Å². The standard InChI is InChI=1S/C11H14O3/c1-3-4-5-8-6-7-9(12)10(8)11(13)14-2/h8,10H,5-7H2,1-2H3. The van der Waals surface area contributed by atoms with Gasteiger partial charge in [-0.2, -0.15) is 0 Å². The minimum atomic E-state index is -0.569. The van der Waals surface area contributed by atoms with Crippen molar-refractivity contribution in [3.63, 3.8) is 0 Å². The van der Waals surface area contributed by atoms with Crippen LogP contribution in [0.1, 0.15) is 26.2 Å². The molecule has 1 fully saturated rings. The summed E-state index contributed by atoms with van der Waals surface area (Å²) in [5.74, 6) is 4.77. The van der Waals surface area contributed by atoms with E-state index in [0.717, 1.165) is 6.42 Å². The molecule has 0 heterocycles. The molecule has 0 aromatic rings. The number of carbonyl (C=O) groups excluding carboxylic acids is 2. The Morgan fingerprint density at radius 1 is 1.64 bits per heavy atom. The molecule has 0 saturated heterocycles. The molecule has 0 radical (unpaired) electrons. The van der Waals surface area contributed by atoms with E-state index in [-0.39, 0.29) is 11.7 Å². The van der Waals surface area contributed by atoms with Crippen LogP contribution in [0.5, 0.6) is 0 Å². The SMILES string of the molecule is CC#CCC1CCC(=O)C1C(=O)OC. The van der Waals surface area contributed by atoms with Crippen LogP contribution < -0.4 is 0 Å². The fourth-order valence-electron chi connectivity index (χ4n) is 1.82. The van der Waals surface area contributed by atoms with Crippen LogP contribution >= 0.6 is 0 Å². The van der Waals surface area contributed by atoms with Gasteiger partial charge >= 0.3 is 5.97 Å². The quantitative estimate of drug-likeness (QED) is 0.376. The number of hydrogen-bond donors (Lipinski definition) is 0. The van der Waals surface area contributed by atoms with E-state index in [4.69, 9.17) is 0 Å². The van der Waals surface area contributed by atoms with Crippen LogP contribution in [-0.2, 0) is 14.3 Å². The highest BCUT2D eigenvalue weighted by molar-refractivity contribution is 6.00. The summed E-state index contributed by atoms with van der Waals surface area (Å²) in [4.78, 5) is 22.7. The second kappa shape index (κ2) is 4.80. The van der Waals surface area contributed by atoms with Gasteiger partial charge in [-0.25, -0.2) is 0 Å². The Balaban J connectivity index is 2.69.